The molecule has 0 spiro atoms. The van der Waals surface area contributed by atoms with Crippen LogP contribution >= 0.6 is 11.3 Å². The number of amides is 1. The monoisotopic (exact) mass is 448 g/mol. The van der Waals surface area contributed by atoms with Crippen LogP contribution in [0, 0.1) is 0 Å². The Hall–Kier alpha value is -2.65. The fourth-order valence-electron chi connectivity index (χ4n) is 3.04. The number of thiazole rings is 1. The number of morpholine rings is 1. The highest BCUT2D eigenvalue weighted by Crippen LogP contribution is 2.30. The van der Waals surface area contributed by atoms with E-state index in [1.54, 1.807) is 23.2 Å². The van der Waals surface area contributed by atoms with Crippen LogP contribution in [0.2, 0.25) is 0 Å². The predicted molar refractivity (Wildman–Crippen MR) is 117 cm³/mol. The Kier molecular flexibility index (Phi) is 7.17. The lowest BCUT2D eigenvalue weighted by Gasteiger charge is -2.34. The molecule has 31 heavy (non-hydrogen) atoms. The molecule has 1 amide bonds. The zero-order valence-electron chi connectivity index (χ0n) is 18.2. The van der Waals surface area contributed by atoms with Gasteiger partial charge in [0, 0.05) is 23.2 Å². The third-order valence-electron chi connectivity index (χ3n) is 4.53. The highest BCUT2D eigenvalue weighted by atomic mass is 32.1. The highest BCUT2D eigenvalue weighted by molar-refractivity contribution is 7.15. The van der Waals surface area contributed by atoms with Crippen molar-refractivity contribution in [2.45, 2.75) is 45.8 Å². The van der Waals surface area contributed by atoms with E-state index in [-0.39, 0.29) is 24.4 Å². The van der Waals surface area contributed by atoms with E-state index < -0.39 is 11.6 Å². The Morgan fingerprint density at radius 1 is 1.32 bits per heavy atom. The van der Waals surface area contributed by atoms with Crippen LogP contribution in [0.3, 0.4) is 0 Å². The first-order valence-corrected chi connectivity index (χ1v) is 11.0. The summed E-state index contributed by atoms with van der Waals surface area (Å²) in [5.41, 5.74) is 0.253. The molecule has 0 radical (unpaired) electrons. The molecule has 2 aromatic rings. The van der Waals surface area contributed by atoms with Gasteiger partial charge >= 0.3 is 12.1 Å². The number of aromatic carboxylic acids is 1. The van der Waals surface area contributed by atoms with Gasteiger partial charge in [-0.3, -0.25) is 0 Å². The summed E-state index contributed by atoms with van der Waals surface area (Å²) in [5.74, 6) is -0.620. The van der Waals surface area contributed by atoms with Crippen molar-refractivity contribution in [3.8, 4) is 16.3 Å². The highest BCUT2D eigenvalue weighted by Gasteiger charge is 2.28. The standard InChI is InChI=1S/C22H28N2O6S/c1-5-18-11-23-19(31-18)14-8-15(20(25)26)10-16(9-14)29-13-17-12-24(6-7-28-17)21(27)30-22(2,3)4/h8-11,17H,5-7,12-13H2,1-4H3,(H,25,26)/t17-/m0/s1. The zero-order valence-corrected chi connectivity index (χ0v) is 19.0. The minimum atomic E-state index is -1.04. The smallest absolute Gasteiger partial charge is 0.410 e. The van der Waals surface area contributed by atoms with Crippen molar-refractivity contribution in [2.24, 2.45) is 0 Å². The summed E-state index contributed by atoms with van der Waals surface area (Å²) < 4.78 is 17.0. The molecule has 0 unspecified atom stereocenters. The molecule has 1 aromatic heterocycles. The predicted octanol–water partition coefficient (Wildman–Crippen LogP) is 4.09. The molecule has 1 fully saturated rings. The van der Waals surface area contributed by atoms with Gasteiger partial charge in [0.15, 0.2) is 0 Å². The van der Waals surface area contributed by atoms with E-state index in [2.05, 4.69) is 4.98 Å². The summed E-state index contributed by atoms with van der Waals surface area (Å²) in [6.07, 6.45) is 1.94. The molecule has 1 aromatic carbocycles. The molecule has 2 heterocycles. The molecule has 0 bridgehead atoms. The molecule has 1 aliphatic rings. The minimum Gasteiger partial charge on any atom is -0.491 e. The van der Waals surface area contributed by atoms with Crippen molar-refractivity contribution in [1.29, 1.82) is 0 Å². The Balaban J connectivity index is 1.69. The quantitative estimate of drug-likeness (QED) is 0.711. The van der Waals surface area contributed by atoms with Gasteiger partial charge in [-0.25, -0.2) is 14.6 Å². The summed E-state index contributed by atoms with van der Waals surface area (Å²) in [6, 6.07) is 4.85. The van der Waals surface area contributed by atoms with Crippen molar-refractivity contribution in [1.82, 2.24) is 9.88 Å². The third kappa shape index (κ3) is 6.41. The van der Waals surface area contributed by atoms with Crippen LogP contribution in [-0.2, 0) is 15.9 Å². The van der Waals surface area contributed by atoms with Gasteiger partial charge in [-0.2, -0.15) is 0 Å². The molecule has 1 aliphatic heterocycles. The lowest BCUT2D eigenvalue weighted by Crippen LogP contribution is -2.49. The first-order valence-electron chi connectivity index (χ1n) is 10.2. The molecular formula is C22H28N2O6S. The Morgan fingerprint density at radius 2 is 2.10 bits per heavy atom. The number of carbonyl (C=O) groups excluding carboxylic acids is 1. The second-order valence-corrected chi connectivity index (χ2v) is 9.38. The topological polar surface area (TPSA) is 98.2 Å². The van der Waals surface area contributed by atoms with E-state index in [1.807, 2.05) is 27.7 Å². The Labute approximate surface area is 185 Å². The van der Waals surface area contributed by atoms with Crippen LogP contribution in [0.1, 0.15) is 42.9 Å². The van der Waals surface area contributed by atoms with Gasteiger partial charge in [0.2, 0.25) is 0 Å². The van der Waals surface area contributed by atoms with Crippen LogP contribution in [0.15, 0.2) is 24.4 Å². The zero-order chi connectivity index (χ0) is 22.6. The maximum atomic E-state index is 12.3. The average Bonchev–Trinajstić information content (AvgIpc) is 3.20. The number of nitrogens with zero attached hydrogens (tertiary/aromatic N) is 2. The summed E-state index contributed by atoms with van der Waals surface area (Å²) in [7, 11) is 0. The fraction of sp³-hybridized carbons (Fsp3) is 0.500. The van der Waals surface area contributed by atoms with Crippen LogP contribution in [0.5, 0.6) is 5.75 Å². The second-order valence-electron chi connectivity index (χ2n) is 8.27. The number of benzene rings is 1. The molecule has 1 saturated heterocycles. The maximum Gasteiger partial charge on any atom is 0.410 e. The maximum absolute atomic E-state index is 12.3. The number of aromatic nitrogens is 1. The van der Waals surface area contributed by atoms with Crippen molar-refractivity contribution in [3.05, 3.63) is 34.8 Å². The van der Waals surface area contributed by atoms with E-state index in [0.29, 0.717) is 31.0 Å². The lowest BCUT2D eigenvalue weighted by atomic mass is 10.1. The molecule has 9 heteroatoms. The number of aryl methyl sites for hydroxylation is 1. The summed E-state index contributed by atoms with van der Waals surface area (Å²) in [5, 5.41) is 10.2. The lowest BCUT2D eigenvalue weighted by molar-refractivity contribution is -0.0557. The fourth-order valence-corrected chi connectivity index (χ4v) is 3.87. The van der Waals surface area contributed by atoms with Crippen molar-refractivity contribution in [3.63, 3.8) is 0 Å². The average molecular weight is 449 g/mol. The summed E-state index contributed by atoms with van der Waals surface area (Å²) in [4.78, 5) is 31.0. The molecular weight excluding hydrogens is 420 g/mol. The van der Waals surface area contributed by atoms with E-state index in [0.717, 1.165) is 16.3 Å². The number of hydrogen-bond acceptors (Lipinski definition) is 7. The van der Waals surface area contributed by atoms with Crippen LogP contribution in [-0.4, -0.2) is 65.1 Å². The van der Waals surface area contributed by atoms with Gasteiger partial charge in [-0.05, 0) is 45.4 Å². The molecule has 0 aliphatic carbocycles. The van der Waals surface area contributed by atoms with Gasteiger partial charge in [0.05, 0.1) is 18.7 Å². The SMILES string of the molecule is CCc1cnc(-c2cc(OC[C@@H]3CN(C(=O)OC(C)(C)C)CCO3)cc(C(=O)O)c2)s1. The molecule has 1 N–H and O–H groups in total. The normalized spacial score (nSPS) is 16.8. The van der Waals surface area contributed by atoms with Gasteiger partial charge in [-0.15, -0.1) is 11.3 Å². The number of carboxylic acid groups (broad SMARTS) is 1. The Morgan fingerprint density at radius 3 is 2.74 bits per heavy atom. The van der Waals surface area contributed by atoms with Crippen molar-refractivity contribution < 1.29 is 28.9 Å². The largest absolute Gasteiger partial charge is 0.491 e. The van der Waals surface area contributed by atoms with E-state index in [9.17, 15) is 14.7 Å². The molecule has 3 rings (SSSR count). The van der Waals surface area contributed by atoms with E-state index in [4.69, 9.17) is 14.2 Å². The first-order chi connectivity index (χ1) is 14.6. The van der Waals surface area contributed by atoms with Gasteiger partial charge in [0.1, 0.15) is 29.1 Å². The van der Waals surface area contributed by atoms with Crippen LogP contribution in [0.4, 0.5) is 4.79 Å². The Bertz CT molecular complexity index is 936. The molecule has 8 nitrogen and oxygen atoms in total. The van der Waals surface area contributed by atoms with E-state index >= 15 is 0 Å². The number of hydrogen-bond donors (Lipinski definition) is 1. The number of rotatable bonds is 6. The molecule has 0 saturated carbocycles. The minimum absolute atomic E-state index is 0.126. The summed E-state index contributed by atoms with van der Waals surface area (Å²) >= 11 is 1.53. The van der Waals surface area contributed by atoms with Gasteiger partial charge in [-0.1, -0.05) is 6.92 Å². The van der Waals surface area contributed by atoms with Crippen LogP contribution in [0.25, 0.3) is 10.6 Å². The second kappa shape index (κ2) is 9.65. The first kappa shape index (κ1) is 23.0. The summed E-state index contributed by atoms with van der Waals surface area (Å²) in [6.45, 7) is 8.87. The third-order valence-corrected chi connectivity index (χ3v) is 5.72. The van der Waals surface area contributed by atoms with Crippen molar-refractivity contribution >= 4 is 23.4 Å². The van der Waals surface area contributed by atoms with Gasteiger partial charge in [0.25, 0.3) is 0 Å². The van der Waals surface area contributed by atoms with Gasteiger partial charge < -0.3 is 24.2 Å². The number of ether oxygens (including phenoxy) is 3. The molecule has 168 valence electrons. The number of carboxylic acids is 1. The number of carbonyl (C=O) groups is 2. The van der Waals surface area contributed by atoms with Crippen LogP contribution < -0.4 is 4.74 Å². The van der Waals surface area contributed by atoms with Crippen molar-refractivity contribution in [2.75, 3.05) is 26.3 Å². The van der Waals surface area contributed by atoms with E-state index in [1.165, 1.54) is 17.4 Å². The molecule has 1 atom stereocenters.